The van der Waals surface area contributed by atoms with Gasteiger partial charge in [0.1, 0.15) is 6.04 Å². The number of ether oxygens (including phenoxy) is 1. The van der Waals surface area contributed by atoms with Gasteiger partial charge in [-0.3, -0.25) is 4.79 Å². The van der Waals surface area contributed by atoms with E-state index in [0.717, 1.165) is 12.8 Å². The molecule has 1 amide bonds. The standard InChI is InChI=1S/C14H16N2O3/c1-19-13-6-5-10(8-12(13)17)14(18)16-7-3-2-4-11(16)9-15/h5-6,8,11,17H,2-4,7H2,1H3. The number of piperidine rings is 1. The Kier molecular flexibility index (Phi) is 3.91. The van der Waals surface area contributed by atoms with Crippen molar-refractivity contribution in [3.8, 4) is 17.6 Å². The maximum absolute atomic E-state index is 12.3. The van der Waals surface area contributed by atoms with Gasteiger partial charge in [-0.25, -0.2) is 0 Å². The first-order valence-electron chi connectivity index (χ1n) is 6.25. The predicted molar refractivity (Wildman–Crippen MR) is 68.9 cm³/mol. The van der Waals surface area contributed by atoms with Crippen LogP contribution in [0.3, 0.4) is 0 Å². The smallest absolute Gasteiger partial charge is 0.255 e. The zero-order valence-corrected chi connectivity index (χ0v) is 10.8. The van der Waals surface area contributed by atoms with Crippen LogP contribution >= 0.6 is 0 Å². The van der Waals surface area contributed by atoms with Crippen molar-refractivity contribution in [1.82, 2.24) is 4.90 Å². The first-order valence-corrected chi connectivity index (χ1v) is 6.25. The summed E-state index contributed by atoms with van der Waals surface area (Å²) in [4.78, 5) is 13.9. The van der Waals surface area contributed by atoms with E-state index in [1.54, 1.807) is 17.0 Å². The summed E-state index contributed by atoms with van der Waals surface area (Å²) < 4.78 is 4.94. The van der Waals surface area contributed by atoms with Crippen LogP contribution in [0.4, 0.5) is 0 Å². The summed E-state index contributed by atoms with van der Waals surface area (Å²) in [6, 6.07) is 6.32. The monoisotopic (exact) mass is 260 g/mol. The van der Waals surface area contributed by atoms with Crippen LogP contribution in [0.5, 0.6) is 11.5 Å². The zero-order chi connectivity index (χ0) is 13.8. The Labute approximate surface area is 112 Å². The van der Waals surface area contributed by atoms with E-state index in [4.69, 9.17) is 10.00 Å². The molecule has 1 N–H and O–H groups in total. The minimum absolute atomic E-state index is 0.0705. The van der Waals surface area contributed by atoms with Gasteiger partial charge in [0.15, 0.2) is 11.5 Å². The van der Waals surface area contributed by atoms with Gasteiger partial charge in [0, 0.05) is 12.1 Å². The number of nitrogens with zero attached hydrogens (tertiary/aromatic N) is 2. The average Bonchev–Trinajstić information content (AvgIpc) is 2.46. The third kappa shape index (κ3) is 2.63. The van der Waals surface area contributed by atoms with Gasteiger partial charge in [0.2, 0.25) is 0 Å². The highest BCUT2D eigenvalue weighted by molar-refractivity contribution is 5.95. The van der Waals surface area contributed by atoms with E-state index in [1.165, 1.54) is 13.2 Å². The Morgan fingerprint density at radius 1 is 1.53 bits per heavy atom. The number of carbonyl (C=O) groups excluding carboxylic acids is 1. The van der Waals surface area contributed by atoms with Crippen LogP contribution in [0.15, 0.2) is 18.2 Å². The molecule has 1 atom stereocenters. The Hall–Kier alpha value is -2.22. The minimum Gasteiger partial charge on any atom is -0.504 e. The normalized spacial score (nSPS) is 18.7. The molecule has 0 aromatic heterocycles. The SMILES string of the molecule is COc1ccc(C(=O)N2CCCCC2C#N)cc1O. The van der Waals surface area contributed by atoms with Gasteiger partial charge in [-0.15, -0.1) is 0 Å². The number of benzene rings is 1. The summed E-state index contributed by atoms with van der Waals surface area (Å²) >= 11 is 0. The van der Waals surface area contributed by atoms with Crippen molar-refractivity contribution in [2.24, 2.45) is 0 Å². The highest BCUT2D eigenvalue weighted by Gasteiger charge is 2.27. The number of carbonyl (C=O) groups is 1. The van der Waals surface area contributed by atoms with E-state index >= 15 is 0 Å². The Bertz CT molecular complexity index is 522. The van der Waals surface area contributed by atoms with Crippen LogP contribution in [0.1, 0.15) is 29.6 Å². The molecule has 1 aliphatic rings. The van der Waals surface area contributed by atoms with E-state index in [2.05, 4.69) is 6.07 Å². The minimum atomic E-state index is -0.370. The first-order chi connectivity index (χ1) is 9.17. The number of phenolic OH excluding ortho intramolecular Hbond substituents is 1. The van der Waals surface area contributed by atoms with Crippen LogP contribution < -0.4 is 4.74 Å². The molecule has 0 saturated carbocycles. The zero-order valence-electron chi connectivity index (χ0n) is 10.8. The molecule has 1 aliphatic heterocycles. The second kappa shape index (κ2) is 5.61. The molecule has 0 spiro atoms. The molecule has 0 bridgehead atoms. The van der Waals surface area contributed by atoms with E-state index in [0.29, 0.717) is 24.3 Å². The third-order valence-corrected chi connectivity index (χ3v) is 3.34. The lowest BCUT2D eigenvalue weighted by molar-refractivity contribution is 0.0670. The summed E-state index contributed by atoms with van der Waals surface area (Å²) in [5, 5.41) is 18.8. The Morgan fingerprint density at radius 2 is 2.32 bits per heavy atom. The molecule has 1 unspecified atom stereocenters. The molecule has 0 radical (unpaired) electrons. The lowest BCUT2D eigenvalue weighted by atomic mass is 10.0. The van der Waals surface area contributed by atoms with Gasteiger partial charge in [-0.2, -0.15) is 5.26 Å². The number of likely N-dealkylation sites (tertiary alicyclic amines) is 1. The number of hydrogen-bond acceptors (Lipinski definition) is 4. The van der Waals surface area contributed by atoms with Crippen molar-refractivity contribution in [2.75, 3.05) is 13.7 Å². The summed E-state index contributed by atoms with van der Waals surface area (Å²) in [5.74, 6) is 0.0371. The van der Waals surface area contributed by atoms with Crippen molar-refractivity contribution >= 4 is 5.91 Å². The van der Waals surface area contributed by atoms with Crippen molar-refractivity contribution in [3.05, 3.63) is 23.8 Å². The molecule has 1 heterocycles. The maximum atomic E-state index is 12.3. The van der Waals surface area contributed by atoms with Crippen molar-refractivity contribution in [1.29, 1.82) is 5.26 Å². The lowest BCUT2D eigenvalue weighted by Gasteiger charge is -2.31. The number of aromatic hydroxyl groups is 1. The average molecular weight is 260 g/mol. The van der Waals surface area contributed by atoms with Crippen molar-refractivity contribution in [2.45, 2.75) is 25.3 Å². The van der Waals surface area contributed by atoms with Crippen LogP contribution in [-0.4, -0.2) is 35.6 Å². The highest BCUT2D eigenvalue weighted by atomic mass is 16.5. The van der Waals surface area contributed by atoms with Gasteiger partial charge >= 0.3 is 0 Å². The fourth-order valence-corrected chi connectivity index (χ4v) is 2.30. The molecule has 5 nitrogen and oxygen atoms in total. The largest absolute Gasteiger partial charge is 0.504 e. The van der Waals surface area contributed by atoms with Gasteiger partial charge in [0.25, 0.3) is 5.91 Å². The van der Waals surface area contributed by atoms with E-state index < -0.39 is 0 Å². The predicted octanol–water partition coefficient (Wildman–Crippen LogP) is 1.92. The molecule has 0 aliphatic carbocycles. The number of hydrogen-bond donors (Lipinski definition) is 1. The third-order valence-electron chi connectivity index (χ3n) is 3.34. The Morgan fingerprint density at radius 3 is 2.95 bits per heavy atom. The maximum Gasteiger partial charge on any atom is 0.255 e. The molecule has 100 valence electrons. The van der Waals surface area contributed by atoms with Crippen LogP contribution in [0.25, 0.3) is 0 Å². The second-order valence-corrected chi connectivity index (χ2v) is 4.53. The summed E-state index contributed by atoms with van der Waals surface area (Å²) in [5.41, 5.74) is 0.375. The van der Waals surface area contributed by atoms with Gasteiger partial charge in [-0.1, -0.05) is 0 Å². The number of rotatable bonds is 2. The number of methoxy groups -OCH3 is 1. The van der Waals surface area contributed by atoms with E-state index in [1.807, 2.05) is 0 Å². The van der Waals surface area contributed by atoms with Gasteiger partial charge < -0.3 is 14.7 Å². The lowest BCUT2D eigenvalue weighted by Crippen LogP contribution is -2.42. The molecule has 1 aromatic rings. The Balaban J connectivity index is 2.23. The van der Waals surface area contributed by atoms with E-state index in [-0.39, 0.29) is 17.7 Å². The molecule has 19 heavy (non-hydrogen) atoms. The van der Waals surface area contributed by atoms with Crippen LogP contribution in [0, 0.1) is 11.3 Å². The fraction of sp³-hybridized carbons (Fsp3) is 0.429. The summed E-state index contributed by atoms with van der Waals surface area (Å²) in [7, 11) is 1.45. The number of phenols is 1. The van der Waals surface area contributed by atoms with Crippen LogP contribution in [0.2, 0.25) is 0 Å². The van der Waals surface area contributed by atoms with E-state index in [9.17, 15) is 9.90 Å². The van der Waals surface area contributed by atoms with Crippen molar-refractivity contribution in [3.63, 3.8) is 0 Å². The molecular weight excluding hydrogens is 244 g/mol. The van der Waals surface area contributed by atoms with Gasteiger partial charge in [0.05, 0.1) is 13.2 Å². The molecule has 1 fully saturated rings. The summed E-state index contributed by atoms with van der Waals surface area (Å²) in [6.45, 7) is 0.587. The molecule has 5 heteroatoms. The molecular formula is C14H16N2O3. The summed E-state index contributed by atoms with van der Waals surface area (Å²) in [6.07, 6.45) is 2.59. The molecule has 1 aromatic carbocycles. The van der Waals surface area contributed by atoms with Crippen LogP contribution in [-0.2, 0) is 0 Å². The second-order valence-electron chi connectivity index (χ2n) is 4.53. The topological polar surface area (TPSA) is 73.6 Å². The first kappa shape index (κ1) is 13.2. The fourth-order valence-electron chi connectivity index (χ4n) is 2.30. The highest BCUT2D eigenvalue weighted by Crippen LogP contribution is 2.28. The quantitative estimate of drug-likeness (QED) is 0.881. The van der Waals surface area contributed by atoms with Crippen molar-refractivity contribution < 1.29 is 14.6 Å². The van der Waals surface area contributed by atoms with Gasteiger partial charge in [-0.05, 0) is 37.5 Å². The molecule has 2 rings (SSSR count). The molecule has 1 saturated heterocycles. The number of amides is 1. The number of nitriles is 1.